The number of carbonyl (C=O) groups is 1. The van der Waals surface area contributed by atoms with E-state index in [2.05, 4.69) is 4.90 Å². The number of Topliss-reactive ketones (excluding diaryl/α,β-unsaturated/α-hetero) is 1. The summed E-state index contributed by atoms with van der Waals surface area (Å²) in [6, 6.07) is 0.756. The SMILES string of the molecule is O=C(CN1CCC2CCCCC21)C1CCCCC1. The fraction of sp³-hybridized carbons (Fsp3) is 0.938. The molecule has 1 saturated heterocycles. The van der Waals surface area contributed by atoms with Crippen LogP contribution in [0.15, 0.2) is 0 Å². The van der Waals surface area contributed by atoms with Crippen molar-refractivity contribution in [3.05, 3.63) is 0 Å². The molecule has 2 saturated carbocycles. The summed E-state index contributed by atoms with van der Waals surface area (Å²) in [5.74, 6) is 1.88. The number of nitrogens with zero attached hydrogens (tertiary/aromatic N) is 1. The third kappa shape index (κ3) is 2.64. The van der Waals surface area contributed by atoms with Crippen LogP contribution in [0.25, 0.3) is 0 Å². The van der Waals surface area contributed by atoms with Gasteiger partial charge in [-0.25, -0.2) is 0 Å². The molecule has 2 heteroatoms. The molecule has 0 bridgehead atoms. The van der Waals surface area contributed by atoms with Crippen molar-refractivity contribution < 1.29 is 4.79 Å². The zero-order valence-corrected chi connectivity index (χ0v) is 11.6. The van der Waals surface area contributed by atoms with Crippen LogP contribution in [-0.4, -0.2) is 29.8 Å². The smallest absolute Gasteiger partial charge is 0.149 e. The minimum absolute atomic E-state index is 0.404. The second kappa shape index (κ2) is 5.73. The molecule has 0 radical (unpaired) electrons. The van der Waals surface area contributed by atoms with Gasteiger partial charge in [-0.1, -0.05) is 32.1 Å². The fourth-order valence-corrected chi connectivity index (χ4v) is 4.45. The van der Waals surface area contributed by atoms with Gasteiger partial charge in [-0.2, -0.15) is 0 Å². The molecule has 0 aromatic carbocycles. The van der Waals surface area contributed by atoms with Gasteiger partial charge in [0, 0.05) is 12.0 Å². The number of ketones is 1. The van der Waals surface area contributed by atoms with Gasteiger partial charge in [-0.3, -0.25) is 9.69 Å². The third-order valence-electron chi connectivity index (χ3n) is 5.54. The van der Waals surface area contributed by atoms with Gasteiger partial charge in [0.15, 0.2) is 0 Å². The van der Waals surface area contributed by atoms with Crippen molar-refractivity contribution in [2.75, 3.05) is 13.1 Å². The summed E-state index contributed by atoms with van der Waals surface area (Å²) < 4.78 is 0. The Kier molecular flexibility index (Phi) is 4.03. The highest BCUT2D eigenvalue weighted by Crippen LogP contribution is 2.36. The number of hydrogen-bond acceptors (Lipinski definition) is 2. The van der Waals surface area contributed by atoms with E-state index in [1.165, 1.54) is 70.8 Å². The fourth-order valence-electron chi connectivity index (χ4n) is 4.45. The van der Waals surface area contributed by atoms with Crippen LogP contribution < -0.4 is 0 Å². The van der Waals surface area contributed by atoms with E-state index < -0.39 is 0 Å². The Hall–Kier alpha value is -0.370. The van der Waals surface area contributed by atoms with Crippen molar-refractivity contribution >= 4 is 5.78 Å². The number of fused-ring (bicyclic) bond motifs is 1. The van der Waals surface area contributed by atoms with E-state index in [1.54, 1.807) is 0 Å². The lowest BCUT2D eigenvalue weighted by atomic mass is 9.84. The van der Waals surface area contributed by atoms with Gasteiger partial charge in [-0.15, -0.1) is 0 Å². The summed E-state index contributed by atoms with van der Waals surface area (Å²) in [6.45, 7) is 1.96. The van der Waals surface area contributed by atoms with E-state index in [-0.39, 0.29) is 0 Å². The predicted molar refractivity (Wildman–Crippen MR) is 73.5 cm³/mol. The van der Waals surface area contributed by atoms with Crippen molar-refractivity contribution in [2.45, 2.75) is 70.3 Å². The van der Waals surface area contributed by atoms with E-state index in [0.717, 1.165) is 18.5 Å². The first-order valence-electron chi connectivity index (χ1n) is 8.11. The maximum absolute atomic E-state index is 12.4. The molecule has 3 fully saturated rings. The lowest BCUT2D eigenvalue weighted by molar-refractivity contribution is -0.125. The van der Waals surface area contributed by atoms with Crippen molar-refractivity contribution in [2.24, 2.45) is 11.8 Å². The van der Waals surface area contributed by atoms with Crippen LogP contribution >= 0.6 is 0 Å². The van der Waals surface area contributed by atoms with E-state index in [1.807, 2.05) is 0 Å². The Balaban J connectivity index is 1.54. The highest BCUT2D eigenvalue weighted by Gasteiger charge is 2.37. The Morgan fingerprint density at radius 3 is 2.44 bits per heavy atom. The molecular formula is C16H27NO. The lowest BCUT2D eigenvalue weighted by Gasteiger charge is -2.32. The third-order valence-corrected chi connectivity index (χ3v) is 5.54. The van der Waals surface area contributed by atoms with E-state index in [9.17, 15) is 4.79 Å². The summed E-state index contributed by atoms with van der Waals surface area (Å²) in [5, 5.41) is 0. The average molecular weight is 249 g/mol. The first-order chi connectivity index (χ1) is 8.84. The van der Waals surface area contributed by atoms with E-state index >= 15 is 0 Å². The maximum Gasteiger partial charge on any atom is 0.149 e. The number of rotatable bonds is 3. The lowest BCUT2D eigenvalue weighted by Crippen LogP contribution is -2.40. The molecule has 102 valence electrons. The largest absolute Gasteiger partial charge is 0.298 e. The van der Waals surface area contributed by atoms with Gasteiger partial charge in [0.25, 0.3) is 0 Å². The summed E-state index contributed by atoms with van der Waals surface area (Å²) in [5.41, 5.74) is 0. The second-order valence-electron chi connectivity index (χ2n) is 6.67. The van der Waals surface area contributed by atoms with Crippen LogP contribution in [0.1, 0.15) is 64.2 Å². The van der Waals surface area contributed by atoms with Crippen LogP contribution in [0.3, 0.4) is 0 Å². The van der Waals surface area contributed by atoms with Crippen molar-refractivity contribution in [3.63, 3.8) is 0 Å². The number of likely N-dealkylation sites (tertiary alicyclic amines) is 1. The highest BCUT2D eigenvalue weighted by atomic mass is 16.1. The molecule has 2 unspecified atom stereocenters. The van der Waals surface area contributed by atoms with E-state index in [0.29, 0.717) is 11.7 Å². The molecule has 0 aromatic rings. The van der Waals surface area contributed by atoms with Crippen molar-refractivity contribution in [3.8, 4) is 0 Å². The minimum Gasteiger partial charge on any atom is -0.298 e. The van der Waals surface area contributed by atoms with Gasteiger partial charge >= 0.3 is 0 Å². The Morgan fingerprint density at radius 1 is 0.889 bits per heavy atom. The molecule has 2 atom stereocenters. The maximum atomic E-state index is 12.4. The quantitative estimate of drug-likeness (QED) is 0.764. The number of carbonyl (C=O) groups excluding carboxylic acids is 1. The van der Waals surface area contributed by atoms with Gasteiger partial charge in [0.1, 0.15) is 5.78 Å². The molecular weight excluding hydrogens is 222 g/mol. The second-order valence-corrected chi connectivity index (χ2v) is 6.67. The normalized spacial score (nSPS) is 34.4. The van der Waals surface area contributed by atoms with E-state index in [4.69, 9.17) is 0 Å². The molecule has 2 nitrogen and oxygen atoms in total. The van der Waals surface area contributed by atoms with Crippen LogP contribution in [0.4, 0.5) is 0 Å². The van der Waals surface area contributed by atoms with Gasteiger partial charge in [0.05, 0.1) is 6.54 Å². The monoisotopic (exact) mass is 249 g/mol. The molecule has 3 aliphatic rings. The molecule has 1 heterocycles. The highest BCUT2D eigenvalue weighted by molar-refractivity contribution is 5.83. The van der Waals surface area contributed by atoms with Gasteiger partial charge in [0.2, 0.25) is 0 Å². The van der Waals surface area contributed by atoms with Crippen LogP contribution in [0, 0.1) is 11.8 Å². The average Bonchev–Trinajstić information content (AvgIpc) is 2.83. The standard InChI is InChI=1S/C16H27NO/c18-16(14-7-2-1-3-8-14)12-17-11-10-13-6-4-5-9-15(13)17/h13-15H,1-12H2. The molecule has 18 heavy (non-hydrogen) atoms. The Bertz CT molecular complexity index is 295. The van der Waals surface area contributed by atoms with Crippen LogP contribution in [0.5, 0.6) is 0 Å². The molecule has 1 aliphatic heterocycles. The summed E-state index contributed by atoms with van der Waals surface area (Å²) in [7, 11) is 0. The summed E-state index contributed by atoms with van der Waals surface area (Å²) in [4.78, 5) is 14.9. The number of hydrogen-bond donors (Lipinski definition) is 0. The van der Waals surface area contributed by atoms with Crippen molar-refractivity contribution in [1.29, 1.82) is 0 Å². The Morgan fingerprint density at radius 2 is 1.61 bits per heavy atom. The summed E-state index contributed by atoms with van der Waals surface area (Å²) in [6.07, 6.45) is 13.2. The molecule has 0 N–H and O–H groups in total. The first-order valence-corrected chi connectivity index (χ1v) is 8.11. The topological polar surface area (TPSA) is 20.3 Å². The first kappa shape index (κ1) is 12.7. The van der Waals surface area contributed by atoms with Gasteiger partial charge in [-0.05, 0) is 44.6 Å². The molecule has 3 rings (SSSR count). The zero-order valence-electron chi connectivity index (χ0n) is 11.6. The van der Waals surface area contributed by atoms with Crippen LogP contribution in [0.2, 0.25) is 0 Å². The molecule has 0 spiro atoms. The van der Waals surface area contributed by atoms with Gasteiger partial charge < -0.3 is 0 Å². The Labute approximate surface area is 111 Å². The molecule has 2 aliphatic carbocycles. The summed E-state index contributed by atoms with van der Waals surface area (Å²) >= 11 is 0. The zero-order chi connectivity index (χ0) is 12.4. The minimum atomic E-state index is 0.404. The predicted octanol–water partition coefficient (Wildman–Crippen LogP) is 3.40. The van der Waals surface area contributed by atoms with Crippen LogP contribution in [-0.2, 0) is 4.79 Å². The molecule has 0 amide bonds. The van der Waals surface area contributed by atoms with Crippen molar-refractivity contribution in [1.82, 2.24) is 4.90 Å². The molecule has 0 aromatic heterocycles.